The summed E-state index contributed by atoms with van der Waals surface area (Å²) in [5.41, 5.74) is 0. The van der Waals surface area contributed by atoms with E-state index in [9.17, 15) is 4.79 Å². The summed E-state index contributed by atoms with van der Waals surface area (Å²) in [7, 11) is 3.09. The lowest BCUT2D eigenvalue weighted by atomic mass is 10.0. The SMILES string of the molecule is CCOC(=O)CC1N=C(OC)C(C(C)C)N=C1OC. The molecule has 6 heteroatoms. The van der Waals surface area contributed by atoms with Crippen LogP contribution < -0.4 is 0 Å². The number of ether oxygens (including phenoxy) is 3. The van der Waals surface area contributed by atoms with E-state index in [2.05, 4.69) is 9.98 Å². The highest BCUT2D eigenvalue weighted by molar-refractivity contribution is 5.95. The zero-order chi connectivity index (χ0) is 14.4. The molecular formula is C13H22N2O4. The summed E-state index contributed by atoms with van der Waals surface area (Å²) < 4.78 is 15.4. The zero-order valence-electron chi connectivity index (χ0n) is 12.2. The van der Waals surface area contributed by atoms with Crippen LogP contribution in [0.1, 0.15) is 27.2 Å². The Labute approximate surface area is 113 Å². The molecule has 0 radical (unpaired) electrons. The Morgan fingerprint density at radius 2 is 1.84 bits per heavy atom. The molecule has 2 unspecified atom stereocenters. The second kappa shape index (κ2) is 7.11. The van der Waals surface area contributed by atoms with Crippen LogP contribution in [0.25, 0.3) is 0 Å². The number of rotatable bonds is 4. The maximum atomic E-state index is 11.5. The van der Waals surface area contributed by atoms with Gasteiger partial charge in [-0.15, -0.1) is 0 Å². The Kier molecular flexibility index (Phi) is 5.79. The summed E-state index contributed by atoms with van der Waals surface area (Å²) in [6, 6.07) is -0.632. The van der Waals surface area contributed by atoms with Crippen molar-refractivity contribution < 1.29 is 19.0 Å². The average Bonchev–Trinajstić information content (AvgIpc) is 2.38. The fourth-order valence-electron chi connectivity index (χ4n) is 1.87. The van der Waals surface area contributed by atoms with Crippen LogP contribution in [0.3, 0.4) is 0 Å². The van der Waals surface area contributed by atoms with Gasteiger partial charge < -0.3 is 14.2 Å². The van der Waals surface area contributed by atoms with Crippen LogP contribution >= 0.6 is 0 Å². The molecule has 0 aromatic rings. The normalized spacial score (nSPS) is 22.6. The molecule has 0 fully saturated rings. The molecule has 1 aliphatic heterocycles. The lowest BCUT2D eigenvalue weighted by Crippen LogP contribution is -2.38. The number of nitrogens with zero attached hydrogens (tertiary/aromatic N) is 2. The zero-order valence-corrected chi connectivity index (χ0v) is 12.2. The number of aliphatic imine (C=N–C) groups is 2. The van der Waals surface area contributed by atoms with Gasteiger partial charge in [-0.05, 0) is 12.8 Å². The Morgan fingerprint density at radius 3 is 2.32 bits per heavy atom. The molecule has 0 N–H and O–H groups in total. The summed E-state index contributed by atoms with van der Waals surface area (Å²) in [5.74, 6) is 0.907. The first-order valence-corrected chi connectivity index (χ1v) is 6.42. The molecule has 6 nitrogen and oxygen atoms in total. The minimum absolute atomic E-state index is 0.109. The first-order valence-electron chi connectivity index (χ1n) is 6.42. The van der Waals surface area contributed by atoms with Crippen molar-refractivity contribution in [2.75, 3.05) is 20.8 Å². The number of hydrogen-bond acceptors (Lipinski definition) is 6. The number of methoxy groups -OCH3 is 2. The van der Waals surface area contributed by atoms with Crippen LogP contribution in [-0.2, 0) is 19.0 Å². The first-order chi connectivity index (χ1) is 9.03. The van der Waals surface area contributed by atoms with Crippen molar-refractivity contribution >= 4 is 17.8 Å². The predicted molar refractivity (Wildman–Crippen MR) is 72.6 cm³/mol. The summed E-state index contributed by atoms with van der Waals surface area (Å²) in [4.78, 5) is 20.4. The van der Waals surface area contributed by atoms with Crippen molar-refractivity contribution in [3.8, 4) is 0 Å². The number of carbonyl (C=O) groups excluding carboxylic acids is 1. The number of esters is 1. The molecule has 0 aromatic carbocycles. The molecule has 1 heterocycles. The summed E-state index contributed by atoms with van der Waals surface area (Å²) in [6.07, 6.45) is 0.109. The quantitative estimate of drug-likeness (QED) is 0.725. The van der Waals surface area contributed by atoms with Crippen LogP contribution in [-0.4, -0.2) is 50.7 Å². The van der Waals surface area contributed by atoms with Crippen molar-refractivity contribution in [1.29, 1.82) is 0 Å². The lowest BCUT2D eigenvalue weighted by molar-refractivity contribution is -0.143. The van der Waals surface area contributed by atoms with E-state index < -0.39 is 6.04 Å². The lowest BCUT2D eigenvalue weighted by Gasteiger charge is -2.26. The third-order valence-electron chi connectivity index (χ3n) is 2.80. The van der Waals surface area contributed by atoms with E-state index in [1.165, 1.54) is 7.11 Å². The van der Waals surface area contributed by atoms with Gasteiger partial charge in [-0.2, -0.15) is 0 Å². The van der Waals surface area contributed by atoms with E-state index in [4.69, 9.17) is 14.2 Å². The third kappa shape index (κ3) is 3.94. The summed E-state index contributed by atoms with van der Waals surface area (Å²) in [6.45, 7) is 6.17. The highest BCUT2D eigenvalue weighted by atomic mass is 16.5. The van der Waals surface area contributed by atoms with E-state index in [0.29, 0.717) is 18.4 Å². The topological polar surface area (TPSA) is 69.5 Å². The molecule has 108 valence electrons. The highest BCUT2D eigenvalue weighted by Gasteiger charge is 2.32. The standard InChI is InChI=1S/C13H22N2O4/c1-6-19-10(16)7-9-12(17-4)15-11(8(2)3)13(14-9)18-5/h8-9,11H,6-7H2,1-5H3. The Balaban J connectivity index is 2.89. The van der Waals surface area contributed by atoms with Gasteiger partial charge in [0.25, 0.3) is 0 Å². The van der Waals surface area contributed by atoms with Crippen molar-refractivity contribution in [3.63, 3.8) is 0 Å². The third-order valence-corrected chi connectivity index (χ3v) is 2.80. The Bertz CT molecular complexity index is 377. The molecule has 0 aliphatic carbocycles. The molecule has 1 aliphatic rings. The van der Waals surface area contributed by atoms with Gasteiger partial charge in [0, 0.05) is 0 Å². The van der Waals surface area contributed by atoms with Gasteiger partial charge in [0.05, 0.1) is 27.2 Å². The second-order valence-electron chi connectivity index (χ2n) is 4.56. The predicted octanol–water partition coefficient (Wildman–Crippen LogP) is 1.44. The van der Waals surface area contributed by atoms with Crippen LogP contribution in [0.4, 0.5) is 0 Å². The Morgan fingerprint density at radius 1 is 1.21 bits per heavy atom. The molecule has 0 bridgehead atoms. The molecule has 0 saturated heterocycles. The average molecular weight is 270 g/mol. The molecule has 0 aromatic heterocycles. The molecule has 2 atom stereocenters. The van der Waals surface area contributed by atoms with Crippen molar-refractivity contribution in [1.82, 2.24) is 0 Å². The van der Waals surface area contributed by atoms with Crippen LogP contribution in [0, 0.1) is 5.92 Å². The van der Waals surface area contributed by atoms with Gasteiger partial charge in [0.2, 0.25) is 11.8 Å². The first kappa shape index (κ1) is 15.5. The Hall–Kier alpha value is -1.59. The van der Waals surface area contributed by atoms with E-state index >= 15 is 0 Å². The van der Waals surface area contributed by atoms with E-state index in [-0.39, 0.29) is 24.3 Å². The number of hydrogen-bond donors (Lipinski definition) is 0. The van der Waals surface area contributed by atoms with Crippen molar-refractivity contribution in [2.24, 2.45) is 15.9 Å². The van der Waals surface area contributed by atoms with Crippen LogP contribution in [0.5, 0.6) is 0 Å². The fraction of sp³-hybridized carbons (Fsp3) is 0.769. The van der Waals surface area contributed by atoms with Crippen molar-refractivity contribution in [2.45, 2.75) is 39.3 Å². The highest BCUT2D eigenvalue weighted by Crippen LogP contribution is 2.19. The molecule has 19 heavy (non-hydrogen) atoms. The van der Waals surface area contributed by atoms with Gasteiger partial charge in [0.15, 0.2) is 0 Å². The monoisotopic (exact) mass is 270 g/mol. The molecule has 0 saturated carbocycles. The fourth-order valence-corrected chi connectivity index (χ4v) is 1.87. The summed E-state index contributed by atoms with van der Waals surface area (Å²) >= 11 is 0. The minimum atomic E-state index is -0.464. The van der Waals surface area contributed by atoms with Gasteiger partial charge in [-0.1, -0.05) is 13.8 Å². The minimum Gasteiger partial charge on any atom is -0.483 e. The van der Waals surface area contributed by atoms with Gasteiger partial charge in [0.1, 0.15) is 12.1 Å². The van der Waals surface area contributed by atoms with E-state index in [1.807, 2.05) is 13.8 Å². The smallest absolute Gasteiger partial charge is 0.308 e. The molecular weight excluding hydrogens is 248 g/mol. The summed E-state index contributed by atoms with van der Waals surface area (Å²) in [5, 5.41) is 0. The second-order valence-corrected chi connectivity index (χ2v) is 4.56. The van der Waals surface area contributed by atoms with Crippen LogP contribution in [0.2, 0.25) is 0 Å². The maximum Gasteiger partial charge on any atom is 0.308 e. The number of carbonyl (C=O) groups is 1. The molecule has 0 amide bonds. The van der Waals surface area contributed by atoms with Crippen LogP contribution in [0.15, 0.2) is 9.98 Å². The van der Waals surface area contributed by atoms with Gasteiger partial charge in [-0.3, -0.25) is 4.79 Å². The van der Waals surface area contributed by atoms with E-state index in [1.54, 1.807) is 14.0 Å². The molecule has 0 spiro atoms. The molecule has 1 rings (SSSR count). The van der Waals surface area contributed by atoms with Gasteiger partial charge in [-0.25, -0.2) is 9.98 Å². The van der Waals surface area contributed by atoms with E-state index in [0.717, 1.165) is 0 Å². The van der Waals surface area contributed by atoms with Crippen molar-refractivity contribution in [3.05, 3.63) is 0 Å². The maximum absolute atomic E-state index is 11.5. The largest absolute Gasteiger partial charge is 0.483 e. The van der Waals surface area contributed by atoms with Gasteiger partial charge >= 0.3 is 5.97 Å².